The number of carbonyl (C=O) groups excluding carboxylic acids is 2. The highest BCUT2D eigenvalue weighted by atomic mass is 19.1. The van der Waals surface area contributed by atoms with E-state index in [0.717, 1.165) is 6.26 Å². The number of rotatable bonds is 5. The van der Waals surface area contributed by atoms with Crippen LogP contribution in [0.1, 0.15) is 21.0 Å². The van der Waals surface area contributed by atoms with E-state index in [9.17, 15) is 14.0 Å². The summed E-state index contributed by atoms with van der Waals surface area (Å²) in [5, 5.41) is 6.54. The van der Waals surface area contributed by atoms with Crippen molar-refractivity contribution in [2.45, 2.75) is 0 Å². The Morgan fingerprint density at radius 3 is 2.77 bits per heavy atom. The van der Waals surface area contributed by atoms with Gasteiger partial charge in [-0.25, -0.2) is 19.0 Å². The van der Waals surface area contributed by atoms with Gasteiger partial charge in [0.25, 0.3) is 11.8 Å². The molecule has 0 saturated carbocycles. The zero-order valence-electron chi connectivity index (χ0n) is 15.2. The first kappa shape index (κ1) is 18.8. The second-order valence-corrected chi connectivity index (χ2v) is 6.14. The van der Waals surface area contributed by atoms with E-state index in [1.165, 1.54) is 35.3 Å². The normalized spacial score (nSPS) is 10.7. The lowest BCUT2D eigenvalue weighted by atomic mass is 10.2. The van der Waals surface area contributed by atoms with Gasteiger partial charge >= 0.3 is 0 Å². The maximum absolute atomic E-state index is 13.5. The summed E-state index contributed by atoms with van der Waals surface area (Å²) in [5.74, 6) is -1.57. The monoisotopic (exact) mass is 407 g/mol. The number of pyridine rings is 1. The number of nitrogens with two attached hydrogens (primary N) is 2. The van der Waals surface area contributed by atoms with Gasteiger partial charge in [0.1, 0.15) is 17.9 Å². The minimum atomic E-state index is -0.867. The third kappa shape index (κ3) is 3.71. The average Bonchev–Trinajstić information content (AvgIpc) is 3.36. The predicted molar refractivity (Wildman–Crippen MR) is 104 cm³/mol. The van der Waals surface area contributed by atoms with Gasteiger partial charge in [0.05, 0.1) is 17.6 Å². The van der Waals surface area contributed by atoms with Gasteiger partial charge in [-0.3, -0.25) is 9.59 Å². The molecule has 0 aliphatic heterocycles. The van der Waals surface area contributed by atoms with E-state index in [1.54, 1.807) is 18.2 Å². The van der Waals surface area contributed by atoms with E-state index >= 15 is 0 Å². The molecule has 11 heteroatoms. The molecule has 0 saturated heterocycles. The molecule has 0 bridgehead atoms. The van der Waals surface area contributed by atoms with Crippen molar-refractivity contribution in [3.05, 3.63) is 72.3 Å². The average molecular weight is 407 g/mol. The minimum Gasteiger partial charge on any atom is -0.444 e. The van der Waals surface area contributed by atoms with Crippen molar-refractivity contribution < 1.29 is 18.4 Å². The highest BCUT2D eigenvalue weighted by Crippen LogP contribution is 2.22. The van der Waals surface area contributed by atoms with Crippen LogP contribution in [-0.2, 0) is 0 Å². The number of carbonyl (C=O) groups is 2. The lowest BCUT2D eigenvalue weighted by Crippen LogP contribution is -2.18. The molecule has 3 aromatic heterocycles. The zero-order chi connectivity index (χ0) is 21.3. The van der Waals surface area contributed by atoms with Gasteiger partial charge in [0.2, 0.25) is 5.89 Å². The Bertz CT molecular complexity index is 1260. The molecule has 0 aliphatic rings. The molecule has 0 atom stereocenters. The Kier molecular flexibility index (Phi) is 4.68. The number of nitrogens with zero attached hydrogens (tertiary/aromatic N) is 4. The van der Waals surface area contributed by atoms with Crippen LogP contribution in [0.2, 0.25) is 0 Å². The molecule has 5 N–H and O–H groups in total. The van der Waals surface area contributed by atoms with Gasteiger partial charge in [-0.2, -0.15) is 5.10 Å². The van der Waals surface area contributed by atoms with Crippen LogP contribution in [0.4, 0.5) is 15.9 Å². The molecular weight excluding hydrogens is 393 g/mol. The van der Waals surface area contributed by atoms with Crippen molar-refractivity contribution in [2.24, 2.45) is 5.73 Å². The topological polar surface area (TPSA) is 155 Å². The van der Waals surface area contributed by atoms with Crippen molar-refractivity contribution in [1.82, 2.24) is 19.7 Å². The summed E-state index contributed by atoms with van der Waals surface area (Å²) in [5.41, 5.74) is 11.7. The maximum Gasteiger partial charge on any atom is 0.277 e. The summed E-state index contributed by atoms with van der Waals surface area (Å²) in [6, 6.07) is 8.71. The SMILES string of the molecule is NC(=O)c1nn(-c2cccc(F)c2)cc1NC(=O)c1coc(-c2ccnc(N)c2)n1. The van der Waals surface area contributed by atoms with Gasteiger partial charge < -0.3 is 21.2 Å². The van der Waals surface area contributed by atoms with Crippen LogP contribution in [-0.4, -0.2) is 31.6 Å². The number of primary amides is 1. The molecule has 0 aliphatic carbocycles. The van der Waals surface area contributed by atoms with E-state index in [0.29, 0.717) is 11.3 Å². The van der Waals surface area contributed by atoms with Crippen LogP contribution in [0.5, 0.6) is 0 Å². The molecule has 150 valence electrons. The van der Waals surface area contributed by atoms with E-state index in [2.05, 4.69) is 20.4 Å². The Morgan fingerprint density at radius 1 is 1.20 bits per heavy atom. The van der Waals surface area contributed by atoms with E-state index < -0.39 is 17.6 Å². The standard InChI is InChI=1S/C19H14FN7O3/c20-11-2-1-3-12(7-11)27-8-13(16(26-27)17(22)28)24-18(29)14-9-30-19(25-14)10-4-5-23-15(21)6-10/h1-9H,(H2,21,23)(H2,22,28)(H,24,29). The van der Waals surface area contributed by atoms with Gasteiger partial charge in [-0.05, 0) is 30.3 Å². The molecule has 3 heterocycles. The van der Waals surface area contributed by atoms with Crippen LogP contribution in [0.15, 0.2) is 59.5 Å². The Hall–Kier alpha value is -4.54. The van der Waals surface area contributed by atoms with E-state index in [1.807, 2.05) is 0 Å². The number of halogens is 1. The molecule has 4 aromatic rings. The summed E-state index contributed by atoms with van der Waals surface area (Å²) < 4.78 is 20.0. The smallest absolute Gasteiger partial charge is 0.277 e. The Morgan fingerprint density at radius 2 is 2.03 bits per heavy atom. The summed E-state index contributed by atoms with van der Waals surface area (Å²) in [7, 11) is 0. The number of nitrogen functional groups attached to an aromatic ring is 1. The first-order valence-corrected chi connectivity index (χ1v) is 8.55. The third-order valence-corrected chi connectivity index (χ3v) is 4.03. The first-order valence-electron chi connectivity index (χ1n) is 8.55. The van der Waals surface area contributed by atoms with Crippen molar-refractivity contribution in [3.63, 3.8) is 0 Å². The fourth-order valence-corrected chi connectivity index (χ4v) is 2.68. The molecule has 1 aromatic carbocycles. The third-order valence-electron chi connectivity index (χ3n) is 4.03. The number of benzene rings is 1. The summed E-state index contributed by atoms with van der Waals surface area (Å²) in [6.07, 6.45) is 3.98. The fourth-order valence-electron chi connectivity index (χ4n) is 2.68. The molecule has 10 nitrogen and oxygen atoms in total. The number of anilines is 2. The zero-order valence-corrected chi connectivity index (χ0v) is 15.2. The quantitative estimate of drug-likeness (QED) is 0.457. The van der Waals surface area contributed by atoms with Gasteiger partial charge in [-0.15, -0.1) is 0 Å². The number of oxazole rings is 1. The fraction of sp³-hybridized carbons (Fsp3) is 0. The molecule has 0 unspecified atom stereocenters. The van der Waals surface area contributed by atoms with Gasteiger partial charge in [0, 0.05) is 11.8 Å². The predicted octanol–water partition coefficient (Wildman–Crippen LogP) is 1.99. The van der Waals surface area contributed by atoms with E-state index in [-0.39, 0.29) is 28.8 Å². The van der Waals surface area contributed by atoms with E-state index in [4.69, 9.17) is 15.9 Å². The number of aromatic nitrogens is 4. The number of amides is 2. The van der Waals surface area contributed by atoms with Crippen molar-refractivity contribution in [2.75, 3.05) is 11.1 Å². The van der Waals surface area contributed by atoms with Gasteiger partial charge in [-0.1, -0.05) is 6.07 Å². The van der Waals surface area contributed by atoms with Crippen molar-refractivity contribution in [1.29, 1.82) is 0 Å². The number of nitrogens with one attached hydrogen (secondary N) is 1. The van der Waals surface area contributed by atoms with Crippen molar-refractivity contribution >= 4 is 23.3 Å². The summed E-state index contributed by atoms with van der Waals surface area (Å²) in [4.78, 5) is 32.3. The molecule has 0 spiro atoms. The number of hydrogen-bond donors (Lipinski definition) is 3. The second-order valence-electron chi connectivity index (χ2n) is 6.14. The molecule has 30 heavy (non-hydrogen) atoms. The van der Waals surface area contributed by atoms with Gasteiger partial charge in [0.15, 0.2) is 11.4 Å². The molecule has 0 fully saturated rings. The molecular formula is C19H14FN7O3. The molecule has 2 amide bonds. The maximum atomic E-state index is 13.5. The largest absolute Gasteiger partial charge is 0.444 e. The van der Waals surface area contributed by atoms with Crippen LogP contribution in [0, 0.1) is 5.82 Å². The second kappa shape index (κ2) is 7.47. The van der Waals surface area contributed by atoms with Crippen LogP contribution < -0.4 is 16.8 Å². The highest BCUT2D eigenvalue weighted by Gasteiger charge is 2.20. The lowest BCUT2D eigenvalue weighted by molar-refractivity contribution is 0.0996. The first-order chi connectivity index (χ1) is 14.4. The summed E-state index contributed by atoms with van der Waals surface area (Å²) >= 11 is 0. The van der Waals surface area contributed by atoms with Crippen LogP contribution in [0.3, 0.4) is 0 Å². The summed E-state index contributed by atoms with van der Waals surface area (Å²) in [6.45, 7) is 0. The lowest BCUT2D eigenvalue weighted by Gasteiger charge is -2.01. The molecule has 4 rings (SSSR count). The molecule has 0 radical (unpaired) electrons. The van der Waals surface area contributed by atoms with Crippen molar-refractivity contribution in [3.8, 4) is 17.1 Å². The number of hydrogen-bond acceptors (Lipinski definition) is 7. The van der Waals surface area contributed by atoms with Crippen LogP contribution >= 0.6 is 0 Å². The highest BCUT2D eigenvalue weighted by molar-refractivity contribution is 6.07. The van der Waals surface area contributed by atoms with Crippen LogP contribution in [0.25, 0.3) is 17.1 Å². The minimum absolute atomic E-state index is 0.0365. The Balaban J connectivity index is 1.61. The Labute approximate surface area is 168 Å².